The maximum Gasteiger partial charge on any atom is 0.313 e. The minimum Gasteiger partial charge on any atom is -0.460 e. The lowest BCUT2D eigenvalue weighted by molar-refractivity contribution is -0.168. The Labute approximate surface area is 116 Å². The molecule has 0 aromatic carbocycles. The van der Waals surface area contributed by atoms with Crippen molar-refractivity contribution in [2.75, 3.05) is 0 Å². The number of hydrogen-bond acceptors (Lipinski definition) is 3. The molecular formula is C16H26O3. The van der Waals surface area contributed by atoms with Crippen LogP contribution >= 0.6 is 0 Å². The molecule has 0 spiro atoms. The van der Waals surface area contributed by atoms with E-state index in [4.69, 9.17) is 4.74 Å². The van der Waals surface area contributed by atoms with Gasteiger partial charge in [0.15, 0.2) is 0 Å². The highest BCUT2D eigenvalue weighted by molar-refractivity contribution is 5.96. The van der Waals surface area contributed by atoms with Gasteiger partial charge in [0.2, 0.25) is 0 Å². The molecule has 0 unspecified atom stereocenters. The molecule has 2 fully saturated rings. The topological polar surface area (TPSA) is 43.4 Å². The van der Waals surface area contributed by atoms with Crippen molar-refractivity contribution < 1.29 is 14.3 Å². The molecule has 0 bridgehead atoms. The van der Waals surface area contributed by atoms with Gasteiger partial charge in [0.05, 0.1) is 5.41 Å². The summed E-state index contributed by atoms with van der Waals surface area (Å²) in [5, 5.41) is 0. The van der Waals surface area contributed by atoms with Crippen molar-refractivity contribution in [3.63, 3.8) is 0 Å². The maximum atomic E-state index is 12.5. The second-order valence-corrected chi connectivity index (χ2v) is 8.51. The van der Waals surface area contributed by atoms with Gasteiger partial charge in [-0.25, -0.2) is 0 Å². The van der Waals surface area contributed by atoms with E-state index in [-0.39, 0.29) is 29.0 Å². The van der Waals surface area contributed by atoms with Crippen molar-refractivity contribution in [2.24, 2.45) is 28.6 Å². The third-order valence-corrected chi connectivity index (χ3v) is 4.53. The monoisotopic (exact) mass is 266 g/mol. The fraction of sp³-hybridized carbons (Fsp3) is 0.875. The van der Waals surface area contributed by atoms with Crippen LogP contribution in [0.25, 0.3) is 0 Å². The first-order chi connectivity index (χ1) is 8.38. The molecule has 0 aromatic heterocycles. The molecule has 4 atom stereocenters. The standard InChI is InChI=1S/C16H26O3/c1-14(2,3)11-10-9(17)8-16(7,12(10)11)13(18)19-15(4,5)6/h10-12H,8H2,1-7H3/t10-,11-,12-,16+/m0/s1. The summed E-state index contributed by atoms with van der Waals surface area (Å²) in [6.45, 7) is 14.0. The molecule has 0 aliphatic heterocycles. The second-order valence-electron chi connectivity index (χ2n) is 8.51. The molecule has 0 radical (unpaired) electrons. The van der Waals surface area contributed by atoms with Crippen LogP contribution in [-0.2, 0) is 14.3 Å². The lowest BCUT2D eigenvalue weighted by Crippen LogP contribution is -2.38. The Morgan fingerprint density at radius 2 is 1.74 bits per heavy atom. The summed E-state index contributed by atoms with van der Waals surface area (Å²) in [6, 6.07) is 0. The summed E-state index contributed by atoms with van der Waals surface area (Å²) in [6.07, 6.45) is 0.351. The highest BCUT2D eigenvalue weighted by Crippen LogP contribution is 2.69. The molecule has 2 rings (SSSR count). The molecule has 2 saturated carbocycles. The van der Waals surface area contributed by atoms with Crippen LogP contribution in [0.2, 0.25) is 0 Å². The summed E-state index contributed by atoms with van der Waals surface area (Å²) < 4.78 is 5.54. The predicted molar refractivity (Wildman–Crippen MR) is 73.5 cm³/mol. The first kappa shape index (κ1) is 14.5. The van der Waals surface area contributed by atoms with Crippen LogP contribution in [0, 0.1) is 28.6 Å². The number of carbonyl (C=O) groups excluding carboxylic acids is 2. The zero-order valence-electron chi connectivity index (χ0n) is 13.2. The van der Waals surface area contributed by atoms with E-state index >= 15 is 0 Å². The van der Waals surface area contributed by atoms with Crippen LogP contribution in [0.15, 0.2) is 0 Å². The summed E-state index contributed by atoms with van der Waals surface area (Å²) in [5.41, 5.74) is -1.03. The van der Waals surface area contributed by atoms with Gasteiger partial charge in [-0.2, -0.15) is 0 Å². The number of rotatable bonds is 1. The SMILES string of the molecule is CC(C)(C)OC(=O)[C@]1(C)CC(=O)[C@H]2[C@H](C(C)(C)C)[C@H]21. The number of esters is 1. The number of ketones is 1. The zero-order chi connectivity index (χ0) is 14.8. The highest BCUT2D eigenvalue weighted by Gasteiger charge is 2.73. The Balaban J connectivity index is 2.22. The van der Waals surface area contributed by atoms with Crippen molar-refractivity contribution >= 4 is 11.8 Å². The number of fused-ring (bicyclic) bond motifs is 1. The number of ether oxygens (including phenoxy) is 1. The van der Waals surface area contributed by atoms with E-state index < -0.39 is 11.0 Å². The van der Waals surface area contributed by atoms with Crippen LogP contribution < -0.4 is 0 Å². The third kappa shape index (κ3) is 2.32. The Morgan fingerprint density at radius 3 is 2.11 bits per heavy atom. The lowest BCUT2D eigenvalue weighted by Gasteiger charge is -2.32. The molecule has 3 heteroatoms. The molecule has 0 amide bonds. The van der Waals surface area contributed by atoms with Crippen molar-refractivity contribution in [1.82, 2.24) is 0 Å². The quantitative estimate of drug-likeness (QED) is 0.684. The highest BCUT2D eigenvalue weighted by atomic mass is 16.6. The minimum atomic E-state index is -0.618. The van der Waals surface area contributed by atoms with Crippen molar-refractivity contribution in [2.45, 2.75) is 60.5 Å². The van der Waals surface area contributed by atoms with E-state index in [1.807, 2.05) is 27.7 Å². The largest absolute Gasteiger partial charge is 0.460 e. The van der Waals surface area contributed by atoms with Gasteiger partial charge < -0.3 is 4.74 Å². The average Bonchev–Trinajstić information content (AvgIpc) is 2.83. The Bertz CT molecular complexity index is 424. The molecule has 2 aliphatic carbocycles. The molecule has 108 valence electrons. The molecule has 19 heavy (non-hydrogen) atoms. The first-order valence-corrected chi connectivity index (χ1v) is 7.14. The summed E-state index contributed by atoms with van der Waals surface area (Å²) in [4.78, 5) is 24.6. The Kier molecular flexibility index (Phi) is 2.93. The minimum absolute atomic E-state index is 0.0781. The van der Waals surface area contributed by atoms with Gasteiger partial charge in [-0.1, -0.05) is 20.8 Å². The van der Waals surface area contributed by atoms with Crippen molar-refractivity contribution in [3.05, 3.63) is 0 Å². The van der Waals surface area contributed by atoms with E-state index in [1.165, 1.54) is 0 Å². The van der Waals surface area contributed by atoms with Crippen LogP contribution in [0.4, 0.5) is 0 Å². The Morgan fingerprint density at radius 1 is 1.21 bits per heavy atom. The van der Waals surface area contributed by atoms with Crippen LogP contribution in [0.5, 0.6) is 0 Å². The van der Waals surface area contributed by atoms with Gasteiger partial charge in [-0.15, -0.1) is 0 Å². The van der Waals surface area contributed by atoms with Gasteiger partial charge in [-0.3, -0.25) is 9.59 Å². The van der Waals surface area contributed by atoms with Gasteiger partial charge >= 0.3 is 5.97 Å². The summed E-state index contributed by atoms with van der Waals surface area (Å²) in [7, 11) is 0. The smallest absolute Gasteiger partial charge is 0.313 e. The van der Waals surface area contributed by atoms with Crippen LogP contribution in [0.1, 0.15) is 54.9 Å². The van der Waals surface area contributed by atoms with Crippen molar-refractivity contribution in [1.29, 1.82) is 0 Å². The van der Waals surface area contributed by atoms with E-state index in [1.54, 1.807) is 0 Å². The molecule has 0 N–H and O–H groups in total. The van der Waals surface area contributed by atoms with Gasteiger partial charge in [0, 0.05) is 12.3 Å². The fourth-order valence-corrected chi connectivity index (χ4v) is 3.78. The van der Waals surface area contributed by atoms with Gasteiger partial charge in [0.1, 0.15) is 11.4 Å². The number of carbonyl (C=O) groups is 2. The van der Waals surface area contributed by atoms with Crippen molar-refractivity contribution in [3.8, 4) is 0 Å². The molecule has 0 heterocycles. The zero-order valence-corrected chi connectivity index (χ0v) is 13.2. The van der Waals surface area contributed by atoms with E-state index in [2.05, 4.69) is 20.8 Å². The molecule has 0 saturated heterocycles. The van der Waals surface area contributed by atoms with E-state index in [0.29, 0.717) is 12.3 Å². The van der Waals surface area contributed by atoms with Gasteiger partial charge in [-0.05, 0) is 44.9 Å². The van der Waals surface area contributed by atoms with Crippen LogP contribution in [0.3, 0.4) is 0 Å². The fourth-order valence-electron chi connectivity index (χ4n) is 3.78. The number of Topliss-reactive ketones (excluding diaryl/α,β-unsaturated/α-hetero) is 1. The first-order valence-electron chi connectivity index (χ1n) is 7.14. The lowest BCUT2D eigenvalue weighted by atomic mass is 9.76. The predicted octanol–water partition coefficient (Wildman–Crippen LogP) is 3.22. The van der Waals surface area contributed by atoms with E-state index in [0.717, 1.165) is 0 Å². The number of hydrogen-bond donors (Lipinski definition) is 0. The summed E-state index contributed by atoms with van der Waals surface area (Å²) in [5.74, 6) is 0.629. The van der Waals surface area contributed by atoms with Crippen LogP contribution in [-0.4, -0.2) is 17.4 Å². The molecule has 2 aliphatic rings. The summed E-state index contributed by atoms with van der Waals surface area (Å²) >= 11 is 0. The third-order valence-electron chi connectivity index (χ3n) is 4.53. The van der Waals surface area contributed by atoms with E-state index in [9.17, 15) is 9.59 Å². The molecule has 0 aromatic rings. The second kappa shape index (κ2) is 3.83. The Hall–Kier alpha value is -0.860. The maximum absolute atomic E-state index is 12.5. The molecular weight excluding hydrogens is 240 g/mol. The van der Waals surface area contributed by atoms with Gasteiger partial charge in [0.25, 0.3) is 0 Å². The normalized spacial score (nSPS) is 38.1. The average molecular weight is 266 g/mol. The molecule has 3 nitrogen and oxygen atoms in total.